The molecule has 0 saturated heterocycles. The van der Waals surface area contributed by atoms with Gasteiger partial charge in [-0.1, -0.05) is 0 Å². The molecule has 0 spiro atoms. The number of halogens is 1. The topological polar surface area (TPSA) is 66.8 Å². The van der Waals surface area contributed by atoms with Gasteiger partial charge in [-0.15, -0.1) is 0 Å². The second-order valence-corrected chi connectivity index (χ2v) is 4.68. The number of ether oxygens (including phenoxy) is 1. The molecule has 5 nitrogen and oxygen atoms in total. The molecule has 1 unspecified atom stereocenters. The van der Waals surface area contributed by atoms with Crippen molar-refractivity contribution in [2.45, 2.75) is 32.7 Å². The molecule has 0 saturated carbocycles. The van der Waals surface area contributed by atoms with Gasteiger partial charge < -0.3 is 14.7 Å². The smallest absolute Gasteiger partial charge is 0.305 e. The molecule has 0 radical (unpaired) electrons. The van der Waals surface area contributed by atoms with E-state index in [-0.39, 0.29) is 37.2 Å². The van der Waals surface area contributed by atoms with Crippen LogP contribution in [0.2, 0.25) is 0 Å². The minimum Gasteiger partial charge on any atom is -0.493 e. The van der Waals surface area contributed by atoms with Crippen LogP contribution in [-0.2, 0) is 9.59 Å². The van der Waals surface area contributed by atoms with E-state index in [1.165, 1.54) is 29.2 Å². The van der Waals surface area contributed by atoms with E-state index < -0.39 is 5.97 Å². The van der Waals surface area contributed by atoms with E-state index in [9.17, 15) is 14.0 Å². The summed E-state index contributed by atoms with van der Waals surface area (Å²) in [6.45, 7) is 4.12. The van der Waals surface area contributed by atoms with Crippen molar-refractivity contribution in [2.24, 2.45) is 0 Å². The maximum atomic E-state index is 12.7. The summed E-state index contributed by atoms with van der Waals surface area (Å²) in [5.41, 5.74) is 0. The lowest BCUT2D eigenvalue weighted by Crippen LogP contribution is -2.40. The summed E-state index contributed by atoms with van der Waals surface area (Å²) >= 11 is 0. The standard InChI is InChI=1S/C15H20FNO4/c1-3-17(11(2)10-15(19)20)14(18)8-9-21-13-6-4-12(16)5-7-13/h4-7,11H,3,8-10H2,1-2H3,(H,19,20). The average molecular weight is 297 g/mol. The first kappa shape index (κ1) is 16.9. The third-order valence-corrected chi connectivity index (χ3v) is 3.06. The summed E-state index contributed by atoms with van der Waals surface area (Å²) in [5.74, 6) is -0.950. The molecule has 0 aliphatic carbocycles. The number of nitrogens with zero attached hydrogens (tertiary/aromatic N) is 1. The van der Waals surface area contributed by atoms with Crippen LogP contribution in [0.15, 0.2) is 24.3 Å². The normalized spacial score (nSPS) is 11.8. The molecule has 0 bridgehead atoms. The van der Waals surface area contributed by atoms with E-state index >= 15 is 0 Å². The van der Waals surface area contributed by atoms with Gasteiger partial charge in [-0.05, 0) is 38.1 Å². The SMILES string of the molecule is CCN(C(=O)CCOc1ccc(F)cc1)C(C)CC(=O)O. The van der Waals surface area contributed by atoms with E-state index in [2.05, 4.69) is 0 Å². The van der Waals surface area contributed by atoms with E-state index in [0.717, 1.165) is 0 Å². The zero-order valence-corrected chi connectivity index (χ0v) is 12.2. The zero-order chi connectivity index (χ0) is 15.8. The van der Waals surface area contributed by atoms with Crippen LogP contribution >= 0.6 is 0 Å². The second-order valence-electron chi connectivity index (χ2n) is 4.68. The first-order chi connectivity index (χ1) is 9.93. The lowest BCUT2D eigenvalue weighted by Gasteiger charge is -2.27. The predicted octanol–water partition coefficient (Wildman–Crippen LogP) is 2.31. The van der Waals surface area contributed by atoms with Gasteiger partial charge in [-0.3, -0.25) is 9.59 Å². The van der Waals surface area contributed by atoms with Crippen molar-refractivity contribution in [1.29, 1.82) is 0 Å². The van der Waals surface area contributed by atoms with Crippen molar-refractivity contribution in [3.05, 3.63) is 30.1 Å². The third-order valence-electron chi connectivity index (χ3n) is 3.06. The number of rotatable bonds is 8. The van der Waals surface area contributed by atoms with Crippen molar-refractivity contribution < 1.29 is 23.8 Å². The number of amides is 1. The largest absolute Gasteiger partial charge is 0.493 e. The third kappa shape index (κ3) is 5.81. The van der Waals surface area contributed by atoms with Gasteiger partial charge in [0.25, 0.3) is 0 Å². The average Bonchev–Trinajstić information content (AvgIpc) is 2.41. The van der Waals surface area contributed by atoms with Gasteiger partial charge in [0.2, 0.25) is 5.91 Å². The highest BCUT2D eigenvalue weighted by molar-refractivity contribution is 5.77. The number of aliphatic carboxylic acids is 1. The molecule has 116 valence electrons. The number of carbonyl (C=O) groups excluding carboxylic acids is 1. The van der Waals surface area contributed by atoms with Gasteiger partial charge in [0, 0.05) is 12.6 Å². The minimum atomic E-state index is -0.934. The van der Waals surface area contributed by atoms with Crippen LogP contribution in [0.3, 0.4) is 0 Å². The van der Waals surface area contributed by atoms with Crippen LogP contribution in [0, 0.1) is 5.82 Å². The Morgan fingerprint density at radius 2 is 1.95 bits per heavy atom. The van der Waals surface area contributed by atoms with Crippen molar-refractivity contribution in [1.82, 2.24) is 4.90 Å². The number of carboxylic acid groups (broad SMARTS) is 1. The monoisotopic (exact) mass is 297 g/mol. The summed E-state index contributed by atoms with van der Waals surface area (Å²) in [4.78, 5) is 24.2. The molecule has 1 aromatic carbocycles. The molecule has 0 aromatic heterocycles. The van der Waals surface area contributed by atoms with Gasteiger partial charge in [-0.25, -0.2) is 4.39 Å². The molecule has 0 fully saturated rings. The van der Waals surface area contributed by atoms with Gasteiger partial charge >= 0.3 is 5.97 Å². The van der Waals surface area contributed by atoms with E-state index in [4.69, 9.17) is 9.84 Å². The quantitative estimate of drug-likeness (QED) is 0.799. The molecule has 1 atom stereocenters. The first-order valence-corrected chi connectivity index (χ1v) is 6.83. The Morgan fingerprint density at radius 1 is 1.33 bits per heavy atom. The molecular formula is C15H20FNO4. The van der Waals surface area contributed by atoms with Gasteiger partial charge in [-0.2, -0.15) is 0 Å². The number of hydrogen-bond donors (Lipinski definition) is 1. The van der Waals surface area contributed by atoms with Crippen LogP contribution in [0.5, 0.6) is 5.75 Å². The molecule has 1 rings (SSSR count). The maximum absolute atomic E-state index is 12.7. The molecule has 0 heterocycles. The molecule has 1 N–H and O–H groups in total. The second kappa shape index (κ2) is 8.24. The molecule has 0 aliphatic heterocycles. The van der Waals surface area contributed by atoms with E-state index in [1.807, 2.05) is 0 Å². The fraction of sp³-hybridized carbons (Fsp3) is 0.467. The Kier molecular flexibility index (Phi) is 6.65. The summed E-state index contributed by atoms with van der Waals surface area (Å²) in [6, 6.07) is 5.19. The lowest BCUT2D eigenvalue weighted by atomic mass is 10.2. The number of benzene rings is 1. The highest BCUT2D eigenvalue weighted by atomic mass is 19.1. The summed E-state index contributed by atoms with van der Waals surface area (Å²) in [6.07, 6.45) is 0.0631. The van der Waals surface area contributed by atoms with Crippen LogP contribution < -0.4 is 4.74 Å². The highest BCUT2D eigenvalue weighted by Gasteiger charge is 2.20. The van der Waals surface area contributed by atoms with Crippen LogP contribution in [-0.4, -0.2) is 41.1 Å². The van der Waals surface area contributed by atoms with Gasteiger partial charge in [0.05, 0.1) is 19.4 Å². The highest BCUT2D eigenvalue weighted by Crippen LogP contribution is 2.12. The molecular weight excluding hydrogens is 277 g/mol. The van der Waals surface area contributed by atoms with Crippen LogP contribution in [0.25, 0.3) is 0 Å². The Bertz CT molecular complexity index is 475. The Morgan fingerprint density at radius 3 is 2.48 bits per heavy atom. The molecule has 1 aromatic rings. The number of carboxylic acids is 1. The van der Waals surface area contributed by atoms with E-state index in [1.54, 1.807) is 13.8 Å². The minimum absolute atomic E-state index is 0.0849. The molecule has 0 aliphatic rings. The van der Waals surface area contributed by atoms with Crippen LogP contribution in [0.1, 0.15) is 26.7 Å². The lowest BCUT2D eigenvalue weighted by molar-refractivity contribution is -0.140. The Labute approximate surface area is 123 Å². The zero-order valence-electron chi connectivity index (χ0n) is 12.2. The summed E-state index contributed by atoms with van der Waals surface area (Å²) in [5, 5.41) is 8.76. The summed E-state index contributed by atoms with van der Waals surface area (Å²) < 4.78 is 18.1. The molecule has 1 amide bonds. The van der Waals surface area contributed by atoms with Crippen molar-refractivity contribution in [3.8, 4) is 5.75 Å². The van der Waals surface area contributed by atoms with Gasteiger partial charge in [0.1, 0.15) is 11.6 Å². The van der Waals surface area contributed by atoms with Gasteiger partial charge in [0.15, 0.2) is 0 Å². The van der Waals surface area contributed by atoms with Crippen molar-refractivity contribution in [2.75, 3.05) is 13.2 Å². The number of hydrogen-bond acceptors (Lipinski definition) is 3. The molecule has 21 heavy (non-hydrogen) atoms. The number of carbonyl (C=O) groups is 2. The van der Waals surface area contributed by atoms with Crippen molar-refractivity contribution in [3.63, 3.8) is 0 Å². The van der Waals surface area contributed by atoms with Crippen LogP contribution in [0.4, 0.5) is 4.39 Å². The fourth-order valence-corrected chi connectivity index (χ4v) is 2.03. The maximum Gasteiger partial charge on any atom is 0.305 e. The predicted molar refractivity (Wildman–Crippen MR) is 75.6 cm³/mol. The summed E-state index contributed by atoms with van der Waals surface area (Å²) in [7, 11) is 0. The Balaban J connectivity index is 2.43. The fourth-order valence-electron chi connectivity index (χ4n) is 2.03. The van der Waals surface area contributed by atoms with E-state index in [0.29, 0.717) is 12.3 Å². The van der Waals surface area contributed by atoms with Crippen molar-refractivity contribution >= 4 is 11.9 Å². The Hall–Kier alpha value is -2.11. The first-order valence-electron chi connectivity index (χ1n) is 6.83. The molecule has 6 heteroatoms.